The van der Waals surface area contributed by atoms with E-state index >= 15 is 0 Å². The van der Waals surface area contributed by atoms with E-state index in [0.717, 1.165) is 11.3 Å². The third-order valence-corrected chi connectivity index (χ3v) is 1.91. The van der Waals surface area contributed by atoms with Crippen LogP contribution in [0.4, 0.5) is 0 Å². The van der Waals surface area contributed by atoms with Gasteiger partial charge in [0.25, 0.3) is 0 Å². The number of hydrogen-bond donors (Lipinski definition) is 0. The van der Waals surface area contributed by atoms with Crippen LogP contribution in [-0.2, 0) is 0 Å². The Labute approximate surface area is 94.5 Å². The van der Waals surface area contributed by atoms with Crippen molar-refractivity contribution in [2.75, 3.05) is 7.11 Å². The number of methoxy groups -OCH3 is 1. The summed E-state index contributed by atoms with van der Waals surface area (Å²) in [5.41, 5.74) is 1.07. The summed E-state index contributed by atoms with van der Waals surface area (Å²) in [6, 6.07) is 11.0. The van der Waals surface area contributed by atoms with Crippen LogP contribution in [0.3, 0.4) is 0 Å². The van der Waals surface area contributed by atoms with E-state index in [4.69, 9.17) is 15.3 Å². The molecule has 16 heavy (non-hydrogen) atoms. The molecule has 3 heteroatoms. The minimum Gasteiger partial charge on any atom is -0.497 e. The predicted octanol–water partition coefficient (Wildman–Crippen LogP) is 2.68. The number of allylic oxidation sites excluding steroid dienone is 3. The fraction of sp³-hybridized carbons (Fsp3) is 0.0769. The maximum absolute atomic E-state index is 8.50. The number of rotatable bonds is 3. The summed E-state index contributed by atoms with van der Waals surface area (Å²) in [4.78, 5) is 0. The first kappa shape index (κ1) is 11.6. The van der Waals surface area contributed by atoms with Gasteiger partial charge in [-0.05, 0) is 23.8 Å². The summed E-state index contributed by atoms with van der Waals surface area (Å²) < 4.78 is 5.02. The molecule has 0 unspecified atom stereocenters. The summed E-state index contributed by atoms with van der Waals surface area (Å²) >= 11 is 0. The average Bonchev–Trinajstić information content (AvgIpc) is 2.35. The molecule has 1 aromatic carbocycles. The molecule has 0 atom stereocenters. The van der Waals surface area contributed by atoms with Crippen molar-refractivity contribution in [3.63, 3.8) is 0 Å². The second kappa shape index (κ2) is 6.06. The summed E-state index contributed by atoms with van der Waals surface area (Å²) in [6.45, 7) is 0. The normalized spacial score (nSPS) is 9.19. The van der Waals surface area contributed by atoms with Gasteiger partial charge in [0.15, 0.2) is 0 Å². The van der Waals surface area contributed by atoms with Gasteiger partial charge in [0.1, 0.15) is 23.5 Å². The standard InChI is InChI=1S/C13H10N2O/c1-16-13-7-5-11(6-8-13)3-2-4-12(9-14)10-15/h2-8H,1H3. The zero-order chi connectivity index (χ0) is 11.8. The minimum absolute atomic E-state index is 0.0877. The Hall–Kier alpha value is -2.52. The fourth-order valence-electron chi connectivity index (χ4n) is 1.07. The maximum Gasteiger partial charge on any atom is 0.129 e. The van der Waals surface area contributed by atoms with E-state index in [1.54, 1.807) is 25.3 Å². The van der Waals surface area contributed by atoms with Crippen molar-refractivity contribution < 1.29 is 4.74 Å². The fourth-order valence-corrected chi connectivity index (χ4v) is 1.07. The molecule has 3 nitrogen and oxygen atoms in total. The molecule has 1 aromatic rings. The molecule has 0 saturated carbocycles. The van der Waals surface area contributed by atoms with Gasteiger partial charge in [-0.1, -0.05) is 24.3 Å². The molecule has 0 aliphatic carbocycles. The van der Waals surface area contributed by atoms with Crippen LogP contribution < -0.4 is 4.74 Å². The molecule has 0 heterocycles. The van der Waals surface area contributed by atoms with E-state index in [9.17, 15) is 0 Å². The van der Waals surface area contributed by atoms with Crippen molar-refractivity contribution in [2.24, 2.45) is 0 Å². The van der Waals surface area contributed by atoms with Crippen molar-refractivity contribution in [3.05, 3.63) is 47.6 Å². The van der Waals surface area contributed by atoms with E-state index in [0.29, 0.717) is 0 Å². The van der Waals surface area contributed by atoms with Crippen LogP contribution in [0.25, 0.3) is 6.08 Å². The van der Waals surface area contributed by atoms with E-state index in [-0.39, 0.29) is 5.57 Å². The molecule has 0 radical (unpaired) electrons. The van der Waals surface area contributed by atoms with Crippen molar-refractivity contribution in [1.82, 2.24) is 0 Å². The first-order valence-corrected chi connectivity index (χ1v) is 4.62. The van der Waals surface area contributed by atoms with Gasteiger partial charge in [0.05, 0.1) is 7.11 Å². The molecule has 0 N–H and O–H groups in total. The quantitative estimate of drug-likeness (QED) is 0.569. The van der Waals surface area contributed by atoms with Gasteiger partial charge >= 0.3 is 0 Å². The summed E-state index contributed by atoms with van der Waals surface area (Å²) in [5, 5.41) is 17.0. The SMILES string of the molecule is COc1ccc(C=CC=C(C#N)C#N)cc1. The smallest absolute Gasteiger partial charge is 0.129 e. The van der Waals surface area contributed by atoms with Gasteiger partial charge < -0.3 is 4.74 Å². The zero-order valence-corrected chi connectivity index (χ0v) is 8.84. The Morgan fingerprint density at radius 1 is 1.19 bits per heavy atom. The number of nitrogens with zero attached hydrogens (tertiary/aromatic N) is 2. The van der Waals surface area contributed by atoms with Gasteiger partial charge in [-0.3, -0.25) is 0 Å². The zero-order valence-electron chi connectivity index (χ0n) is 8.84. The van der Waals surface area contributed by atoms with Crippen molar-refractivity contribution in [2.45, 2.75) is 0 Å². The molecular formula is C13H10N2O. The minimum atomic E-state index is 0.0877. The molecule has 0 spiro atoms. The average molecular weight is 210 g/mol. The maximum atomic E-state index is 8.50. The predicted molar refractivity (Wildman–Crippen MR) is 61.3 cm³/mol. The van der Waals surface area contributed by atoms with Crippen LogP contribution in [0.15, 0.2) is 42.0 Å². The topological polar surface area (TPSA) is 56.8 Å². The lowest BCUT2D eigenvalue weighted by molar-refractivity contribution is 0.415. The van der Waals surface area contributed by atoms with Gasteiger partial charge in [0, 0.05) is 0 Å². The van der Waals surface area contributed by atoms with Crippen LogP contribution >= 0.6 is 0 Å². The highest BCUT2D eigenvalue weighted by molar-refractivity contribution is 5.54. The number of benzene rings is 1. The second-order valence-electron chi connectivity index (χ2n) is 2.94. The first-order valence-electron chi connectivity index (χ1n) is 4.62. The van der Waals surface area contributed by atoms with E-state index in [2.05, 4.69) is 0 Å². The first-order chi connectivity index (χ1) is 7.80. The third kappa shape index (κ3) is 3.32. The van der Waals surface area contributed by atoms with E-state index in [1.807, 2.05) is 30.3 Å². The molecule has 0 amide bonds. The molecule has 0 aliphatic heterocycles. The second-order valence-corrected chi connectivity index (χ2v) is 2.94. The van der Waals surface area contributed by atoms with Crippen molar-refractivity contribution in [3.8, 4) is 17.9 Å². The highest BCUT2D eigenvalue weighted by Crippen LogP contribution is 2.12. The van der Waals surface area contributed by atoms with Gasteiger partial charge in [0.2, 0.25) is 0 Å². The van der Waals surface area contributed by atoms with Crippen LogP contribution in [0.2, 0.25) is 0 Å². The van der Waals surface area contributed by atoms with E-state index < -0.39 is 0 Å². The summed E-state index contributed by atoms with van der Waals surface area (Å²) in [6.07, 6.45) is 4.96. The molecular weight excluding hydrogens is 200 g/mol. The molecule has 0 bridgehead atoms. The van der Waals surface area contributed by atoms with Gasteiger partial charge in [-0.15, -0.1) is 0 Å². The molecule has 0 aliphatic rings. The van der Waals surface area contributed by atoms with Crippen LogP contribution in [0.5, 0.6) is 5.75 Å². The lowest BCUT2D eigenvalue weighted by Gasteiger charge is -1.98. The molecule has 0 saturated heterocycles. The number of ether oxygens (including phenoxy) is 1. The van der Waals surface area contributed by atoms with Gasteiger partial charge in [-0.2, -0.15) is 10.5 Å². The highest BCUT2D eigenvalue weighted by Gasteiger charge is 1.90. The monoisotopic (exact) mass is 210 g/mol. The Kier molecular flexibility index (Phi) is 4.37. The Morgan fingerprint density at radius 2 is 1.81 bits per heavy atom. The van der Waals surface area contributed by atoms with Gasteiger partial charge in [-0.25, -0.2) is 0 Å². The van der Waals surface area contributed by atoms with Crippen LogP contribution in [0, 0.1) is 22.7 Å². The molecule has 0 fully saturated rings. The van der Waals surface area contributed by atoms with Crippen LogP contribution in [-0.4, -0.2) is 7.11 Å². The summed E-state index contributed by atoms with van der Waals surface area (Å²) in [5.74, 6) is 0.794. The Bertz CT molecular complexity index is 468. The number of nitriles is 2. The summed E-state index contributed by atoms with van der Waals surface area (Å²) in [7, 11) is 1.61. The molecule has 78 valence electrons. The molecule has 0 aromatic heterocycles. The highest BCUT2D eigenvalue weighted by atomic mass is 16.5. The molecule has 1 rings (SSSR count). The lowest BCUT2D eigenvalue weighted by Crippen LogP contribution is -1.81. The van der Waals surface area contributed by atoms with Crippen LogP contribution in [0.1, 0.15) is 5.56 Å². The Balaban J connectivity index is 2.75. The van der Waals surface area contributed by atoms with E-state index in [1.165, 1.54) is 6.08 Å². The lowest BCUT2D eigenvalue weighted by atomic mass is 10.2. The number of hydrogen-bond acceptors (Lipinski definition) is 3. The Morgan fingerprint density at radius 3 is 2.31 bits per heavy atom. The van der Waals surface area contributed by atoms with Crippen molar-refractivity contribution in [1.29, 1.82) is 10.5 Å². The van der Waals surface area contributed by atoms with Crippen molar-refractivity contribution >= 4 is 6.08 Å². The third-order valence-electron chi connectivity index (χ3n) is 1.91. The largest absolute Gasteiger partial charge is 0.497 e.